The van der Waals surface area contributed by atoms with Crippen molar-refractivity contribution in [3.63, 3.8) is 0 Å². The molecule has 4 rings (SSSR count). The van der Waals surface area contributed by atoms with E-state index in [-0.39, 0.29) is 6.61 Å². The number of aromatic amines is 1. The first-order valence-electron chi connectivity index (χ1n) is 7.75. The predicted octanol–water partition coefficient (Wildman–Crippen LogP) is 3.75. The fraction of sp³-hybridized carbons (Fsp3) is 0.111. The summed E-state index contributed by atoms with van der Waals surface area (Å²) in [5, 5.41) is 21.6. The summed E-state index contributed by atoms with van der Waals surface area (Å²) in [6.45, 7) is 0.374. The van der Waals surface area contributed by atoms with Gasteiger partial charge in [-0.25, -0.2) is 0 Å². The molecule has 6 nitrogen and oxygen atoms in total. The molecule has 25 heavy (non-hydrogen) atoms. The average Bonchev–Trinajstić information content (AvgIpc) is 3.25. The molecule has 0 saturated heterocycles. The molecular formula is C18H15ClN4O2. The summed E-state index contributed by atoms with van der Waals surface area (Å²) in [7, 11) is 0. The zero-order chi connectivity index (χ0) is 17.2. The minimum absolute atomic E-state index is 0.0995. The molecule has 0 fully saturated rings. The Morgan fingerprint density at radius 1 is 1.12 bits per heavy atom. The molecule has 0 amide bonds. The van der Waals surface area contributed by atoms with E-state index in [2.05, 4.69) is 15.4 Å². The number of fused-ring (bicyclic) bond motifs is 1. The van der Waals surface area contributed by atoms with Crippen molar-refractivity contribution in [1.82, 2.24) is 20.0 Å². The number of nitrogens with zero attached hydrogens (tertiary/aromatic N) is 3. The second-order valence-electron chi connectivity index (χ2n) is 5.60. The van der Waals surface area contributed by atoms with Crippen LogP contribution in [0.1, 0.15) is 11.4 Å². The van der Waals surface area contributed by atoms with Crippen LogP contribution in [0.4, 0.5) is 0 Å². The van der Waals surface area contributed by atoms with Crippen molar-refractivity contribution in [2.45, 2.75) is 13.2 Å². The molecule has 0 atom stereocenters. The summed E-state index contributed by atoms with van der Waals surface area (Å²) in [5.41, 5.74) is 2.37. The number of benzene rings is 2. The lowest BCUT2D eigenvalue weighted by molar-refractivity contribution is 0.272. The standard InChI is InChI=1S/C18H15ClN4O2/c19-17-7-15(25-14-4-2-1-3-5-14)8-18-16(17)6-13(11-24)23(18)10-12-9-20-22-21-12/h1-9,24H,10-11H2,(H,20,21,22). The van der Waals surface area contributed by atoms with Gasteiger partial charge in [0.2, 0.25) is 0 Å². The Morgan fingerprint density at radius 2 is 1.96 bits per heavy atom. The van der Waals surface area contributed by atoms with Crippen molar-refractivity contribution in [2.75, 3.05) is 0 Å². The molecule has 126 valence electrons. The molecule has 2 heterocycles. The first-order chi connectivity index (χ1) is 12.2. The van der Waals surface area contributed by atoms with Gasteiger partial charge in [0.1, 0.15) is 17.2 Å². The van der Waals surface area contributed by atoms with Crippen LogP contribution in [0.15, 0.2) is 54.7 Å². The van der Waals surface area contributed by atoms with Crippen LogP contribution in [0.5, 0.6) is 11.5 Å². The SMILES string of the molecule is OCc1cc2c(Cl)cc(Oc3ccccc3)cc2n1Cc1c[nH]nn1. The quantitative estimate of drug-likeness (QED) is 0.572. The molecule has 0 unspecified atom stereocenters. The predicted molar refractivity (Wildman–Crippen MR) is 94.9 cm³/mol. The van der Waals surface area contributed by atoms with Crippen LogP contribution < -0.4 is 4.74 Å². The minimum Gasteiger partial charge on any atom is -0.457 e. The number of hydrogen-bond acceptors (Lipinski definition) is 4. The van der Waals surface area contributed by atoms with E-state index in [1.807, 2.05) is 47.0 Å². The molecule has 0 aliphatic heterocycles. The molecule has 4 aromatic rings. The van der Waals surface area contributed by atoms with Gasteiger partial charge in [-0.2, -0.15) is 0 Å². The summed E-state index contributed by atoms with van der Waals surface area (Å²) in [5.74, 6) is 1.36. The maximum atomic E-state index is 9.70. The lowest BCUT2D eigenvalue weighted by Crippen LogP contribution is -2.04. The fourth-order valence-electron chi connectivity index (χ4n) is 2.81. The van der Waals surface area contributed by atoms with Gasteiger partial charge in [0, 0.05) is 29.4 Å². The molecule has 0 saturated carbocycles. The fourth-order valence-corrected chi connectivity index (χ4v) is 3.07. The van der Waals surface area contributed by atoms with Gasteiger partial charge in [-0.15, -0.1) is 5.10 Å². The Bertz CT molecular complexity index is 997. The number of aliphatic hydroxyl groups excluding tert-OH is 1. The highest BCUT2D eigenvalue weighted by Gasteiger charge is 2.14. The number of halogens is 1. The smallest absolute Gasteiger partial charge is 0.131 e. The lowest BCUT2D eigenvalue weighted by Gasteiger charge is -2.10. The molecule has 2 aromatic carbocycles. The highest BCUT2D eigenvalue weighted by molar-refractivity contribution is 6.35. The van der Waals surface area contributed by atoms with E-state index in [9.17, 15) is 5.11 Å². The maximum absolute atomic E-state index is 9.70. The third-order valence-corrected chi connectivity index (χ3v) is 4.27. The third-order valence-electron chi connectivity index (χ3n) is 3.96. The van der Waals surface area contributed by atoms with Gasteiger partial charge in [-0.1, -0.05) is 35.0 Å². The van der Waals surface area contributed by atoms with Gasteiger partial charge in [0.15, 0.2) is 0 Å². The van der Waals surface area contributed by atoms with Gasteiger partial charge in [-0.3, -0.25) is 5.10 Å². The second kappa shape index (κ2) is 6.58. The van der Waals surface area contributed by atoms with Crippen molar-refractivity contribution < 1.29 is 9.84 Å². The van der Waals surface area contributed by atoms with E-state index in [0.29, 0.717) is 17.3 Å². The van der Waals surface area contributed by atoms with E-state index < -0.39 is 0 Å². The summed E-state index contributed by atoms with van der Waals surface area (Å²) in [4.78, 5) is 0. The van der Waals surface area contributed by atoms with Crippen molar-refractivity contribution in [3.05, 3.63) is 71.1 Å². The van der Waals surface area contributed by atoms with Gasteiger partial charge >= 0.3 is 0 Å². The molecule has 2 N–H and O–H groups in total. The third kappa shape index (κ3) is 3.09. The minimum atomic E-state index is -0.0995. The molecule has 0 radical (unpaired) electrons. The van der Waals surface area contributed by atoms with Crippen LogP contribution in [0, 0.1) is 0 Å². The van der Waals surface area contributed by atoms with E-state index in [0.717, 1.165) is 28.0 Å². The lowest BCUT2D eigenvalue weighted by atomic mass is 10.2. The number of rotatable bonds is 5. The number of nitrogens with one attached hydrogen (secondary N) is 1. The van der Waals surface area contributed by atoms with Crippen LogP contribution in [-0.2, 0) is 13.2 Å². The summed E-state index contributed by atoms with van der Waals surface area (Å²) in [6, 6.07) is 15.1. The molecule has 0 aliphatic rings. The van der Waals surface area contributed by atoms with Crippen molar-refractivity contribution in [3.8, 4) is 11.5 Å². The number of ether oxygens (including phenoxy) is 1. The summed E-state index contributed by atoms with van der Waals surface area (Å²) in [6.07, 6.45) is 1.72. The maximum Gasteiger partial charge on any atom is 0.131 e. The molecule has 7 heteroatoms. The number of aliphatic hydroxyl groups is 1. The number of aromatic nitrogens is 4. The molecular weight excluding hydrogens is 340 g/mol. The number of para-hydroxylation sites is 1. The highest BCUT2D eigenvalue weighted by Crippen LogP contribution is 2.34. The average molecular weight is 355 g/mol. The van der Waals surface area contributed by atoms with Crippen molar-refractivity contribution in [2.24, 2.45) is 0 Å². The van der Waals surface area contributed by atoms with E-state index in [1.54, 1.807) is 12.3 Å². The normalized spacial score (nSPS) is 11.1. The first kappa shape index (κ1) is 15.7. The van der Waals surface area contributed by atoms with Gasteiger partial charge in [0.05, 0.1) is 23.7 Å². The first-order valence-corrected chi connectivity index (χ1v) is 8.13. The van der Waals surface area contributed by atoms with E-state index >= 15 is 0 Å². The topological polar surface area (TPSA) is 76.0 Å². The number of H-pyrrole nitrogens is 1. The molecule has 2 aromatic heterocycles. The van der Waals surface area contributed by atoms with Gasteiger partial charge in [-0.05, 0) is 18.2 Å². The van der Waals surface area contributed by atoms with E-state index in [4.69, 9.17) is 16.3 Å². The zero-order valence-corrected chi connectivity index (χ0v) is 13.9. The Kier molecular flexibility index (Phi) is 4.13. The second-order valence-corrected chi connectivity index (χ2v) is 6.00. The largest absolute Gasteiger partial charge is 0.457 e. The van der Waals surface area contributed by atoms with Crippen LogP contribution in [0.2, 0.25) is 5.02 Å². The molecule has 0 aliphatic carbocycles. The Labute approximate surface area is 148 Å². The van der Waals surface area contributed by atoms with Crippen molar-refractivity contribution >= 4 is 22.5 Å². The summed E-state index contributed by atoms with van der Waals surface area (Å²) < 4.78 is 7.86. The van der Waals surface area contributed by atoms with Gasteiger partial charge in [0.25, 0.3) is 0 Å². The Balaban J connectivity index is 1.80. The van der Waals surface area contributed by atoms with Gasteiger partial charge < -0.3 is 14.4 Å². The Hall–Kier alpha value is -2.83. The van der Waals surface area contributed by atoms with Crippen LogP contribution >= 0.6 is 11.6 Å². The highest BCUT2D eigenvalue weighted by atomic mass is 35.5. The van der Waals surface area contributed by atoms with Crippen molar-refractivity contribution in [1.29, 1.82) is 0 Å². The summed E-state index contributed by atoms with van der Waals surface area (Å²) >= 11 is 6.44. The zero-order valence-electron chi connectivity index (χ0n) is 13.2. The molecule has 0 spiro atoms. The van der Waals surface area contributed by atoms with E-state index in [1.165, 1.54) is 0 Å². The molecule has 0 bridgehead atoms. The van der Waals surface area contributed by atoms with Crippen LogP contribution in [0.3, 0.4) is 0 Å². The van der Waals surface area contributed by atoms with Crippen LogP contribution in [0.25, 0.3) is 10.9 Å². The monoisotopic (exact) mass is 354 g/mol. The van der Waals surface area contributed by atoms with Crippen LogP contribution in [-0.4, -0.2) is 25.1 Å². The number of hydrogen-bond donors (Lipinski definition) is 2. The Morgan fingerprint density at radius 3 is 2.68 bits per heavy atom.